The number of Topliss-reactive ketones (excluding diaryl/α,β-unsaturated/α-hetero) is 1. The second-order valence-electron chi connectivity index (χ2n) is 4.50. The standard InChI is InChI=1S/C16H12F2N2O/c17-13-5-6-16(15(18)8-13)20-10-14(21)7-11-1-3-12(9-19)4-2-11/h1-6,8,20H,7,10H2. The molecule has 1 N–H and O–H groups in total. The lowest BCUT2D eigenvalue weighted by Gasteiger charge is -2.07. The second-order valence-corrected chi connectivity index (χ2v) is 4.50. The molecule has 0 aliphatic heterocycles. The van der Waals surface area contributed by atoms with Crippen LogP contribution in [0, 0.1) is 23.0 Å². The number of rotatable bonds is 5. The molecule has 21 heavy (non-hydrogen) atoms. The lowest BCUT2D eigenvalue weighted by Crippen LogP contribution is -2.16. The Balaban J connectivity index is 1.91. The first-order chi connectivity index (χ1) is 10.1. The lowest BCUT2D eigenvalue weighted by molar-refractivity contribution is -0.116. The van der Waals surface area contributed by atoms with Gasteiger partial charge in [0.1, 0.15) is 11.6 Å². The molecule has 2 aromatic rings. The number of halogens is 2. The normalized spacial score (nSPS) is 9.95. The first-order valence-electron chi connectivity index (χ1n) is 6.28. The first-order valence-corrected chi connectivity index (χ1v) is 6.28. The molecule has 0 aliphatic rings. The summed E-state index contributed by atoms with van der Waals surface area (Å²) in [6.45, 7) is -0.0530. The van der Waals surface area contributed by atoms with Crippen molar-refractivity contribution >= 4 is 11.5 Å². The third-order valence-corrected chi connectivity index (χ3v) is 2.89. The van der Waals surface area contributed by atoms with E-state index in [9.17, 15) is 13.6 Å². The van der Waals surface area contributed by atoms with E-state index in [1.807, 2.05) is 6.07 Å². The summed E-state index contributed by atoms with van der Waals surface area (Å²) in [5.41, 5.74) is 1.39. The van der Waals surface area contributed by atoms with Crippen LogP contribution in [-0.2, 0) is 11.2 Å². The number of hydrogen-bond acceptors (Lipinski definition) is 3. The number of hydrogen-bond donors (Lipinski definition) is 1. The van der Waals surface area contributed by atoms with E-state index in [1.54, 1.807) is 24.3 Å². The van der Waals surface area contributed by atoms with Crippen LogP contribution in [0.4, 0.5) is 14.5 Å². The molecule has 5 heteroatoms. The first kappa shape index (κ1) is 14.7. The highest BCUT2D eigenvalue weighted by Crippen LogP contribution is 2.14. The fourth-order valence-electron chi connectivity index (χ4n) is 1.81. The van der Waals surface area contributed by atoms with Gasteiger partial charge in [0.2, 0.25) is 0 Å². The number of benzene rings is 2. The molecular formula is C16H12F2N2O. The number of nitrogens with one attached hydrogen (secondary N) is 1. The van der Waals surface area contributed by atoms with Crippen molar-refractivity contribution in [3.05, 3.63) is 65.2 Å². The summed E-state index contributed by atoms with van der Waals surface area (Å²) < 4.78 is 26.1. The van der Waals surface area contributed by atoms with Gasteiger partial charge in [0.25, 0.3) is 0 Å². The van der Waals surface area contributed by atoms with Crippen molar-refractivity contribution in [2.75, 3.05) is 11.9 Å². The van der Waals surface area contributed by atoms with E-state index in [-0.39, 0.29) is 24.4 Å². The van der Waals surface area contributed by atoms with Crippen LogP contribution in [0.15, 0.2) is 42.5 Å². The lowest BCUT2D eigenvalue weighted by atomic mass is 10.1. The predicted molar refractivity (Wildman–Crippen MR) is 74.7 cm³/mol. The number of ketones is 1. The summed E-state index contributed by atoms with van der Waals surface area (Å²) in [7, 11) is 0. The van der Waals surface area contributed by atoms with Gasteiger partial charge in [-0.15, -0.1) is 0 Å². The molecule has 0 saturated carbocycles. The summed E-state index contributed by atoms with van der Waals surface area (Å²) in [5, 5.41) is 11.3. The van der Waals surface area contributed by atoms with Crippen molar-refractivity contribution in [1.29, 1.82) is 5.26 Å². The van der Waals surface area contributed by atoms with Gasteiger partial charge in [-0.3, -0.25) is 4.79 Å². The Hall–Kier alpha value is -2.74. The smallest absolute Gasteiger partial charge is 0.156 e. The highest BCUT2D eigenvalue weighted by molar-refractivity contribution is 5.85. The van der Waals surface area contributed by atoms with E-state index in [2.05, 4.69) is 5.32 Å². The quantitative estimate of drug-likeness (QED) is 0.919. The summed E-state index contributed by atoms with van der Waals surface area (Å²) in [6.07, 6.45) is 0.182. The van der Waals surface area contributed by atoms with Crippen LogP contribution in [0.5, 0.6) is 0 Å². The van der Waals surface area contributed by atoms with E-state index in [0.717, 1.165) is 17.7 Å². The van der Waals surface area contributed by atoms with E-state index in [0.29, 0.717) is 5.56 Å². The maximum absolute atomic E-state index is 13.4. The molecule has 3 nitrogen and oxygen atoms in total. The van der Waals surface area contributed by atoms with Gasteiger partial charge < -0.3 is 5.32 Å². The van der Waals surface area contributed by atoms with Crippen molar-refractivity contribution in [1.82, 2.24) is 0 Å². The zero-order chi connectivity index (χ0) is 15.2. The molecule has 0 heterocycles. The van der Waals surface area contributed by atoms with Crippen molar-refractivity contribution in [2.24, 2.45) is 0 Å². The van der Waals surface area contributed by atoms with Crippen molar-refractivity contribution in [2.45, 2.75) is 6.42 Å². The highest BCUT2D eigenvalue weighted by Gasteiger charge is 2.07. The minimum atomic E-state index is -0.735. The Labute approximate surface area is 120 Å². The second kappa shape index (κ2) is 6.62. The number of nitrogens with zero attached hydrogens (tertiary/aromatic N) is 1. The molecule has 0 atom stereocenters. The van der Waals surface area contributed by atoms with Crippen molar-refractivity contribution in [3.63, 3.8) is 0 Å². The Morgan fingerprint density at radius 2 is 1.86 bits per heavy atom. The molecule has 0 saturated heterocycles. The van der Waals surface area contributed by atoms with Gasteiger partial charge in [0.05, 0.1) is 23.9 Å². The topological polar surface area (TPSA) is 52.9 Å². The van der Waals surface area contributed by atoms with E-state index < -0.39 is 11.6 Å². The van der Waals surface area contributed by atoms with Gasteiger partial charge in [-0.1, -0.05) is 12.1 Å². The monoisotopic (exact) mass is 286 g/mol. The van der Waals surface area contributed by atoms with Gasteiger partial charge in [-0.2, -0.15) is 5.26 Å². The molecule has 2 aromatic carbocycles. The maximum atomic E-state index is 13.4. The third-order valence-electron chi connectivity index (χ3n) is 2.89. The minimum Gasteiger partial charge on any atom is -0.376 e. The average Bonchev–Trinajstić information content (AvgIpc) is 2.47. The van der Waals surface area contributed by atoms with Crippen LogP contribution >= 0.6 is 0 Å². The highest BCUT2D eigenvalue weighted by atomic mass is 19.1. The van der Waals surface area contributed by atoms with Crippen molar-refractivity contribution < 1.29 is 13.6 Å². The van der Waals surface area contributed by atoms with E-state index in [1.165, 1.54) is 6.07 Å². The van der Waals surface area contributed by atoms with Gasteiger partial charge in [0.15, 0.2) is 5.78 Å². The predicted octanol–water partition coefficient (Wildman–Crippen LogP) is 3.06. The van der Waals surface area contributed by atoms with Crippen LogP contribution in [0.3, 0.4) is 0 Å². The molecule has 106 valence electrons. The summed E-state index contributed by atoms with van der Waals surface area (Å²) in [6, 6.07) is 11.8. The van der Waals surface area contributed by atoms with Gasteiger partial charge in [-0.05, 0) is 29.8 Å². The summed E-state index contributed by atoms with van der Waals surface area (Å²) >= 11 is 0. The molecule has 0 amide bonds. The number of carbonyl (C=O) groups is 1. The van der Waals surface area contributed by atoms with Crippen LogP contribution in [0.1, 0.15) is 11.1 Å². The van der Waals surface area contributed by atoms with Gasteiger partial charge in [0, 0.05) is 12.5 Å². The molecule has 0 aromatic heterocycles. The maximum Gasteiger partial charge on any atom is 0.156 e. The Morgan fingerprint density at radius 1 is 1.14 bits per heavy atom. The minimum absolute atomic E-state index is 0.0530. The SMILES string of the molecule is N#Cc1ccc(CC(=O)CNc2ccc(F)cc2F)cc1. The average molecular weight is 286 g/mol. The number of carbonyl (C=O) groups excluding carboxylic acids is 1. The summed E-state index contributed by atoms with van der Waals surface area (Å²) in [4.78, 5) is 11.8. The number of nitriles is 1. The molecule has 0 fully saturated rings. The molecule has 0 radical (unpaired) electrons. The van der Waals surface area contributed by atoms with Crippen LogP contribution in [0.2, 0.25) is 0 Å². The Bertz CT molecular complexity index is 690. The Morgan fingerprint density at radius 3 is 2.48 bits per heavy atom. The largest absolute Gasteiger partial charge is 0.376 e. The Kier molecular flexibility index (Phi) is 4.62. The van der Waals surface area contributed by atoms with E-state index in [4.69, 9.17) is 5.26 Å². The number of anilines is 1. The van der Waals surface area contributed by atoms with Crippen LogP contribution in [0.25, 0.3) is 0 Å². The zero-order valence-corrected chi connectivity index (χ0v) is 11.1. The van der Waals surface area contributed by atoms with Gasteiger partial charge in [-0.25, -0.2) is 8.78 Å². The molecule has 2 rings (SSSR count). The zero-order valence-electron chi connectivity index (χ0n) is 11.1. The molecule has 0 bridgehead atoms. The molecule has 0 aliphatic carbocycles. The fraction of sp³-hybridized carbons (Fsp3) is 0.125. The molecule has 0 unspecified atom stereocenters. The summed E-state index contributed by atoms with van der Waals surface area (Å²) in [5.74, 6) is -1.54. The van der Waals surface area contributed by atoms with Gasteiger partial charge >= 0.3 is 0 Å². The van der Waals surface area contributed by atoms with Crippen LogP contribution < -0.4 is 5.32 Å². The van der Waals surface area contributed by atoms with Crippen molar-refractivity contribution in [3.8, 4) is 6.07 Å². The third kappa shape index (κ3) is 4.11. The molecule has 0 spiro atoms. The fourth-order valence-corrected chi connectivity index (χ4v) is 1.81. The van der Waals surface area contributed by atoms with Crippen LogP contribution in [-0.4, -0.2) is 12.3 Å². The molecular weight excluding hydrogens is 274 g/mol. The van der Waals surface area contributed by atoms with E-state index >= 15 is 0 Å².